The lowest BCUT2D eigenvalue weighted by Gasteiger charge is -2.35. The quantitative estimate of drug-likeness (QED) is 0.420. The van der Waals surface area contributed by atoms with Gasteiger partial charge in [0.2, 0.25) is 0 Å². The van der Waals surface area contributed by atoms with Crippen molar-refractivity contribution in [2.45, 2.75) is 18.9 Å². The van der Waals surface area contributed by atoms with E-state index >= 15 is 0 Å². The molecule has 7 nitrogen and oxygen atoms in total. The molecule has 2 aromatic carbocycles. The summed E-state index contributed by atoms with van der Waals surface area (Å²) < 4.78 is 4.82. The monoisotopic (exact) mass is 415 g/mol. The zero-order valence-electron chi connectivity index (χ0n) is 17.4. The van der Waals surface area contributed by atoms with Crippen molar-refractivity contribution in [3.63, 3.8) is 0 Å². The van der Waals surface area contributed by atoms with Gasteiger partial charge in [0.25, 0.3) is 0 Å². The summed E-state index contributed by atoms with van der Waals surface area (Å²) >= 11 is 0. The van der Waals surface area contributed by atoms with Gasteiger partial charge in [-0.2, -0.15) is 5.10 Å². The number of hydrogen-bond acceptors (Lipinski definition) is 5. The first-order valence-corrected chi connectivity index (χ1v) is 10.5. The predicted molar refractivity (Wildman–Crippen MR) is 123 cm³/mol. The minimum Gasteiger partial charge on any atom is -0.464 e. The van der Waals surface area contributed by atoms with Crippen LogP contribution in [0.2, 0.25) is 0 Å². The zero-order valence-corrected chi connectivity index (χ0v) is 17.4. The minimum absolute atomic E-state index is 0.348. The van der Waals surface area contributed by atoms with Gasteiger partial charge < -0.3 is 19.9 Å². The van der Waals surface area contributed by atoms with Crippen molar-refractivity contribution in [2.24, 2.45) is 0 Å². The largest absolute Gasteiger partial charge is 0.464 e. The summed E-state index contributed by atoms with van der Waals surface area (Å²) in [5, 5.41) is 11.6. The van der Waals surface area contributed by atoms with Crippen LogP contribution in [-0.2, 0) is 4.74 Å². The van der Waals surface area contributed by atoms with Gasteiger partial charge in [-0.25, -0.2) is 4.79 Å². The van der Waals surface area contributed by atoms with Crippen molar-refractivity contribution < 1.29 is 9.53 Å². The highest BCUT2D eigenvalue weighted by atomic mass is 16.5. The SMILES string of the molecule is COC(=O)c1cc2ccc(N3CCCC(Nc4ccc(-c5cn[nH]c5)cc4)C3)cc2[nH]1. The average Bonchev–Trinajstić information content (AvgIpc) is 3.49. The number of benzene rings is 2. The maximum absolute atomic E-state index is 11.8. The molecule has 0 aliphatic carbocycles. The molecule has 0 amide bonds. The fourth-order valence-corrected chi connectivity index (χ4v) is 4.26. The number of anilines is 2. The van der Waals surface area contributed by atoms with Gasteiger partial charge in [-0.15, -0.1) is 0 Å². The van der Waals surface area contributed by atoms with Gasteiger partial charge in [0.05, 0.1) is 13.3 Å². The first kappa shape index (κ1) is 19.2. The molecule has 1 aliphatic heterocycles. The van der Waals surface area contributed by atoms with E-state index in [0.717, 1.165) is 59.3 Å². The number of piperidine rings is 1. The Kier molecular flexibility index (Phi) is 5.08. The number of ether oxygens (including phenoxy) is 1. The van der Waals surface area contributed by atoms with Crippen LogP contribution in [0.3, 0.4) is 0 Å². The third-order valence-electron chi connectivity index (χ3n) is 5.89. The molecule has 2 aromatic heterocycles. The number of fused-ring (bicyclic) bond motifs is 1. The van der Waals surface area contributed by atoms with Crippen LogP contribution in [0.1, 0.15) is 23.3 Å². The van der Waals surface area contributed by atoms with Gasteiger partial charge in [0.15, 0.2) is 0 Å². The van der Waals surface area contributed by atoms with Crippen molar-refractivity contribution >= 4 is 28.2 Å². The molecule has 3 heterocycles. The molecule has 0 spiro atoms. The number of aromatic nitrogens is 3. The smallest absolute Gasteiger partial charge is 0.354 e. The van der Waals surface area contributed by atoms with Crippen LogP contribution in [0, 0.1) is 0 Å². The van der Waals surface area contributed by atoms with Crippen LogP contribution in [0.4, 0.5) is 11.4 Å². The molecule has 7 heteroatoms. The van der Waals surface area contributed by atoms with Crippen molar-refractivity contribution in [1.29, 1.82) is 0 Å². The Morgan fingerprint density at radius 3 is 2.81 bits per heavy atom. The Bertz CT molecular complexity index is 1180. The molecular formula is C24H25N5O2. The van der Waals surface area contributed by atoms with E-state index in [4.69, 9.17) is 4.74 Å². The molecule has 158 valence electrons. The standard InChI is InChI=1S/C24H25N5O2/c1-31-24(30)23-11-17-6-9-21(12-22(17)28-23)29-10-2-3-20(15-29)27-19-7-4-16(5-8-19)18-13-25-26-14-18/h4-9,11-14,20,27-28H,2-3,10,15H2,1H3,(H,25,26). The molecule has 0 radical (unpaired) electrons. The van der Waals surface area contributed by atoms with Crippen molar-refractivity contribution in [1.82, 2.24) is 15.2 Å². The molecule has 0 saturated carbocycles. The molecule has 1 saturated heterocycles. The van der Waals surface area contributed by atoms with Crippen LogP contribution < -0.4 is 10.2 Å². The topological polar surface area (TPSA) is 86.0 Å². The maximum atomic E-state index is 11.8. The first-order chi connectivity index (χ1) is 15.2. The van der Waals surface area contributed by atoms with Crippen LogP contribution in [0.15, 0.2) is 60.9 Å². The number of H-pyrrole nitrogens is 2. The number of hydrogen-bond donors (Lipinski definition) is 3. The van der Waals surface area contributed by atoms with E-state index in [1.807, 2.05) is 18.5 Å². The second-order valence-corrected chi connectivity index (χ2v) is 7.94. The van der Waals surface area contributed by atoms with Crippen LogP contribution >= 0.6 is 0 Å². The van der Waals surface area contributed by atoms with Crippen LogP contribution in [-0.4, -0.2) is 47.4 Å². The number of nitrogens with one attached hydrogen (secondary N) is 3. The van der Waals surface area contributed by atoms with E-state index in [-0.39, 0.29) is 5.97 Å². The van der Waals surface area contributed by atoms with Crippen molar-refractivity contribution in [2.75, 3.05) is 30.4 Å². The number of carbonyl (C=O) groups excluding carboxylic acids is 1. The summed E-state index contributed by atoms with van der Waals surface area (Å²) in [5.41, 5.74) is 5.95. The normalized spacial score (nSPS) is 16.4. The van der Waals surface area contributed by atoms with Gasteiger partial charge in [-0.05, 0) is 48.7 Å². The molecule has 0 bridgehead atoms. The fourth-order valence-electron chi connectivity index (χ4n) is 4.26. The minimum atomic E-state index is -0.348. The maximum Gasteiger partial charge on any atom is 0.354 e. The molecule has 4 aromatic rings. The van der Waals surface area contributed by atoms with E-state index in [0.29, 0.717) is 11.7 Å². The molecule has 1 unspecified atom stereocenters. The highest BCUT2D eigenvalue weighted by Gasteiger charge is 2.21. The third kappa shape index (κ3) is 3.99. The number of methoxy groups -OCH3 is 1. The van der Waals surface area contributed by atoms with E-state index in [9.17, 15) is 4.79 Å². The lowest BCUT2D eigenvalue weighted by atomic mass is 10.0. The number of rotatable bonds is 5. The van der Waals surface area contributed by atoms with E-state index < -0.39 is 0 Å². The molecule has 3 N–H and O–H groups in total. The Morgan fingerprint density at radius 2 is 2.03 bits per heavy atom. The summed E-state index contributed by atoms with van der Waals surface area (Å²) in [6.45, 7) is 1.95. The predicted octanol–water partition coefficient (Wildman–Crippen LogP) is 4.43. The Morgan fingerprint density at radius 1 is 1.16 bits per heavy atom. The Hall–Kier alpha value is -3.74. The van der Waals surface area contributed by atoms with E-state index in [2.05, 4.69) is 67.9 Å². The molecule has 1 fully saturated rings. The van der Waals surface area contributed by atoms with E-state index in [1.54, 1.807) is 0 Å². The lowest BCUT2D eigenvalue weighted by Crippen LogP contribution is -2.42. The van der Waals surface area contributed by atoms with Gasteiger partial charge in [-0.1, -0.05) is 18.2 Å². The van der Waals surface area contributed by atoms with E-state index in [1.165, 1.54) is 7.11 Å². The molecular weight excluding hydrogens is 390 g/mol. The van der Waals surface area contributed by atoms with Crippen LogP contribution in [0.5, 0.6) is 0 Å². The highest BCUT2D eigenvalue weighted by Crippen LogP contribution is 2.27. The van der Waals surface area contributed by atoms with Gasteiger partial charge >= 0.3 is 5.97 Å². The number of esters is 1. The third-order valence-corrected chi connectivity index (χ3v) is 5.89. The summed E-state index contributed by atoms with van der Waals surface area (Å²) in [6.07, 6.45) is 5.99. The Labute approximate surface area is 180 Å². The fraction of sp³-hybridized carbons (Fsp3) is 0.250. The molecule has 31 heavy (non-hydrogen) atoms. The second-order valence-electron chi connectivity index (χ2n) is 7.94. The van der Waals surface area contributed by atoms with Crippen LogP contribution in [0.25, 0.3) is 22.0 Å². The molecule has 1 atom stereocenters. The number of carbonyl (C=O) groups is 1. The number of nitrogens with zero attached hydrogens (tertiary/aromatic N) is 2. The van der Waals surface area contributed by atoms with Crippen molar-refractivity contribution in [3.05, 3.63) is 66.6 Å². The van der Waals surface area contributed by atoms with Gasteiger partial charge in [-0.3, -0.25) is 5.10 Å². The average molecular weight is 415 g/mol. The summed E-state index contributed by atoms with van der Waals surface area (Å²) in [5.74, 6) is -0.348. The Balaban J connectivity index is 1.28. The summed E-state index contributed by atoms with van der Waals surface area (Å²) in [7, 11) is 1.39. The van der Waals surface area contributed by atoms with Crippen molar-refractivity contribution in [3.8, 4) is 11.1 Å². The zero-order chi connectivity index (χ0) is 21.2. The lowest BCUT2D eigenvalue weighted by molar-refractivity contribution is 0.0595. The molecule has 1 aliphatic rings. The molecule has 5 rings (SSSR count). The summed E-state index contributed by atoms with van der Waals surface area (Å²) in [6, 6.07) is 17.0. The van der Waals surface area contributed by atoms with Gasteiger partial charge in [0, 0.05) is 53.2 Å². The summed E-state index contributed by atoms with van der Waals surface area (Å²) in [4.78, 5) is 17.4. The number of aromatic amines is 2. The van der Waals surface area contributed by atoms with Gasteiger partial charge in [0.1, 0.15) is 5.69 Å². The first-order valence-electron chi connectivity index (χ1n) is 10.5. The highest BCUT2D eigenvalue weighted by molar-refractivity contribution is 5.95. The second kappa shape index (κ2) is 8.18.